The Kier molecular flexibility index (Phi) is 11.4. The summed E-state index contributed by atoms with van der Waals surface area (Å²) in [6.07, 6.45) is 10.5. The predicted molar refractivity (Wildman–Crippen MR) is 74.3 cm³/mol. The van der Waals surface area contributed by atoms with E-state index in [1.807, 2.05) is 0 Å². The normalized spacial score (nSPS) is 12.0. The van der Waals surface area contributed by atoms with Gasteiger partial charge >= 0.3 is 113 Å². The third kappa shape index (κ3) is 7.16. The molecule has 0 heterocycles. The first-order valence-electron chi connectivity index (χ1n) is 7.07. The molecule has 0 fully saturated rings. The maximum absolute atomic E-state index is 6.30. The van der Waals surface area contributed by atoms with Crippen LogP contribution in [0.3, 0.4) is 0 Å². The Labute approximate surface area is 113 Å². The van der Waals surface area contributed by atoms with Crippen LogP contribution in [-0.4, -0.2) is 31.4 Å². The zero-order valence-electron chi connectivity index (χ0n) is 11.8. The van der Waals surface area contributed by atoms with Crippen molar-refractivity contribution in [2.24, 2.45) is 0 Å². The molecule has 2 radical (unpaired) electrons. The van der Waals surface area contributed by atoms with Crippen LogP contribution in [0.1, 0.15) is 72.1 Å². The van der Waals surface area contributed by atoms with E-state index in [2.05, 4.69) is 25.7 Å². The Morgan fingerprint density at radius 3 is 1.75 bits per heavy atom. The minimum absolute atomic E-state index is 0.349. The van der Waals surface area contributed by atoms with E-state index in [-0.39, 0.29) is 21.1 Å². The summed E-state index contributed by atoms with van der Waals surface area (Å²) >= 11 is -0.349. The van der Waals surface area contributed by atoms with Crippen molar-refractivity contribution in [2.45, 2.75) is 80.7 Å². The molecule has 0 aromatic carbocycles. The van der Waals surface area contributed by atoms with Gasteiger partial charge in [-0.15, -0.1) is 0 Å². The molecule has 0 aromatic heterocycles. The van der Waals surface area contributed by atoms with Crippen molar-refractivity contribution in [3.63, 3.8) is 0 Å². The summed E-state index contributed by atoms with van der Waals surface area (Å²) in [4.78, 5) is 2.46. The molecule has 0 aliphatic heterocycles. The standard InChI is InChI=1S/C13H27O.CH3.Sn/c1-4-7-10-13(11-8-5-2)14-12-9-6-3;;/h4-12H2,1-3H3;1H3;. The van der Waals surface area contributed by atoms with Crippen molar-refractivity contribution >= 4 is 21.1 Å². The molecular formula is C14H30OSn. The minimum atomic E-state index is -0.349. The summed E-state index contributed by atoms with van der Waals surface area (Å²) in [5.41, 5.74) is 0. The molecule has 16 heavy (non-hydrogen) atoms. The number of hydrogen-bond donors (Lipinski definition) is 0. The van der Waals surface area contributed by atoms with Crippen LogP contribution in [0.5, 0.6) is 0 Å². The van der Waals surface area contributed by atoms with Crippen LogP contribution in [0.4, 0.5) is 0 Å². The Morgan fingerprint density at radius 1 is 0.875 bits per heavy atom. The van der Waals surface area contributed by atoms with Crippen LogP contribution in [0.25, 0.3) is 0 Å². The van der Waals surface area contributed by atoms with Gasteiger partial charge in [-0.25, -0.2) is 0 Å². The first-order valence-corrected chi connectivity index (χ1v) is 11.4. The predicted octanol–water partition coefficient (Wildman–Crippen LogP) is 4.63. The fourth-order valence-electron chi connectivity index (χ4n) is 1.93. The maximum atomic E-state index is 6.30. The molecule has 0 aromatic rings. The zero-order valence-corrected chi connectivity index (χ0v) is 14.6. The van der Waals surface area contributed by atoms with Gasteiger partial charge in [0.1, 0.15) is 0 Å². The number of ether oxygens (including phenoxy) is 1. The molecule has 0 saturated carbocycles. The SMILES string of the molecule is CCCCO[C](CCCC)(CCCC)[Sn][CH3]. The van der Waals surface area contributed by atoms with Gasteiger partial charge in [0.05, 0.1) is 0 Å². The fourth-order valence-corrected chi connectivity index (χ4v) is 5.07. The Morgan fingerprint density at radius 2 is 1.38 bits per heavy atom. The second-order valence-electron chi connectivity index (χ2n) is 4.65. The fraction of sp³-hybridized carbons (Fsp3) is 1.00. The number of hydrogen-bond acceptors (Lipinski definition) is 1. The van der Waals surface area contributed by atoms with E-state index in [4.69, 9.17) is 4.74 Å². The van der Waals surface area contributed by atoms with E-state index in [9.17, 15) is 0 Å². The van der Waals surface area contributed by atoms with Crippen LogP contribution in [-0.2, 0) is 4.74 Å². The molecule has 0 amide bonds. The van der Waals surface area contributed by atoms with Crippen molar-refractivity contribution in [1.82, 2.24) is 0 Å². The van der Waals surface area contributed by atoms with Crippen molar-refractivity contribution in [2.75, 3.05) is 6.61 Å². The van der Waals surface area contributed by atoms with Gasteiger partial charge in [0.25, 0.3) is 0 Å². The van der Waals surface area contributed by atoms with Crippen LogP contribution in [0.2, 0.25) is 4.94 Å². The van der Waals surface area contributed by atoms with Gasteiger partial charge in [0.2, 0.25) is 0 Å². The van der Waals surface area contributed by atoms with Gasteiger partial charge < -0.3 is 0 Å². The average Bonchev–Trinajstić information content (AvgIpc) is 2.32. The number of unbranched alkanes of at least 4 members (excludes halogenated alkanes) is 3. The number of rotatable bonds is 11. The zero-order chi connectivity index (χ0) is 12.3. The first kappa shape index (κ1) is 16.8. The molecule has 0 aliphatic carbocycles. The van der Waals surface area contributed by atoms with E-state index < -0.39 is 0 Å². The Balaban J connectivity index is 4.16. The topological polar surface area (TPSA) is 9.23 Å². The van der Waals surface area contributed by atoms with Crippen molar-refractivity contribution < 1.29 is 4.74 Å². The molecule has 0 unspecified atom stereocenters. The quantitative estimate of drug-likeness (QED) is 0.396. The molecule has 0 bridgehead atoms. The molecule has 2 heteroatoms. The second-order valence-corrected chi connectivity index (χ2v) is 8.68. The van der Waals surface area contributed by atoms with Gasteiger partial charge in [-0.2, -0.15) is 0 Å². The average molecular weight is 333 g/mol. The van der Waals surface area contributed by atoms with Crippen LogP contribution in [0.15, 0.2) is 0 Å². The van der Waals surface area contributed by atoms with Gasteiger partial charge in [-0.05, 0) is 0 Å². The Hall–Kier alpha value is 0.759. The van der Waals surface area contributed by atoms with Crippen molar-refractivity contribution in [3.8, 4) is 0 Å². The Bertz CT molecular complexity index is 140. The van der Waals surface area contributed by atoms with Crippen LogP contribution < -0.4 is 0 Å². The van der Waals surface area contributed by atoms with Crippen LogP contribution in [0, 0.1) is 0 Å². The molecular weight excluding hydrogens is 303 g/mol. The second kappa shape index (κ2) is 10.9. The summed E-state index contributed by atoms with van der Waals surface area (Å²) in [5.74, 6) is 0. The van der Waals surface area contributed by atoms with Gasteiger partial charge in [0, 0.05) is 0 Å². The summed E-state index contributed by atoms with van der Waals surface area (Å²) in [6.45, 7) is 7.82. The van der Waals surface area contributed by atoms with E-state index in [0.717, 1.165) is 6.61 Å². The first-order chi connectivity index (χ1) is 7.74. The molecule has 0 saturated heterocycles. The van der Waals surface area contributed by atoms with Gasteiger partial charge in [-0.3, -0.25) is 0 Å². The van der Waals surface area contributed by atoms with Crippen molar-refractivity contribution in [1.29, 1.82) is 0 Å². The summed E-state index contributed by atoms with van der Waals surface area (Å²) in [7, 11) is 0. The molecule has 0 atom stereocenters. The summed E-state index contributed by atoms with van der Waals surface area (Å²) < 4.78 is 6.66. The molecule has 0 rings (SSSR count). The van der Waals surface area contributed by atoms with E-state index in [1.165, 1.54) is 51.4 Å². The van der Waals surface area contributed by atoms with Gasteiger partial charge in [0.15, 0.2) is 0 Å². The van der Waals surface area contributed by atoms with Gasteiger partial charge in [-0.1, -0.05) is 0 Å². The molecule has 0 N–H and O–H groups in total. The monoisotopic (exact) mass is 334 g/mol. The molecule has 96 valence electrons. The van der Waals surface area contributed by atoms with Crippen molar-refractivity contribution in [3.05, 3.63) is 0 Å². The molecule has 0 aliphatic rings. The third-order valence-electron chi connectivity index (χ3n) is 3.20. The molecule has 1 nitrogen and oxygen atoms in total. The van der Waals surface area contributed by atoms with Crippen LogP contribution >= 0.6 is 0 Å². The third-order valence-corrected chi connectivity index (χ3v) is 7.64. The summed E-state index contributed by atoms with van der Waals surface area (Å²) in [5, 5.41) is 0. The summed E-state index contributed by atoms with van der Waals surface area (Å²) in [6, 6.07) is 0. The van der Waals surface area contributed by atoms with E-state index >= 15 is 0 Å². The van der Waals surface area contributed by atoms with E-state index in [0.29, 0.717) is 3.62 Å². The molecule has 0 spiro atoms. The van der Waals surface area contributed by atoms with E-state index in [1.54, 1.807) is 0 Å².